The predicted octanol–water partition coefficient (Wildman–Crippen LogP) is 0.935. The van der Waals surface area contributed by atoms with Crippen molar-refractivity contribution in [1.82, 2.24) is 0 Å². The van der Waals surface area contributed by atoms with E-state index in [2.05, 4.69) is 5.18 Å². The van der Waals surface area contributed by atoms with Crippen LogP contribution in [0.25, 0.3) is 0 Å². The van der Waals surface area contributed by atoms with Crippen molar-refractivity contribution in [3.8, 4) is 0 Å². The van der Waals surface area contributed by atoms with Crippen molar-refractivity contribution < 1.29 is 4.79 Å². The minimum absolute atomic E-state index is 0.0347. The van der Waals surface area contributed by atoms with E-state index >= 15 is 0 Å². The zero-order chi connectivity index (χ0) is 6.15. The summed E-state index contributed by atoms with van der Waals surface area (Å²) < 4.78 is 0. The Morgan fingerprint density at radius 3 is 2.38 bits per heavy atom. The van der Waals surface area contributed by atoms with E-state index in [4.69, 9.17) is 0 Å². The third-order valence-corrected chi connectivity index (χ3v) is 1.52. The molecule has 2 unspecified atom stereocenters. The maximum Gasteiger partial charge on any atom is 0.289 e. The standard InChI is InChI=1S/C5H7NO2/c1-3-2-4(3)5(7)6-8/h3-4H,2H2,1H3. The first-order chi connectivity index (χ1) is 3.75. The molecule has 0 spiro atoms. The van der Waals surface area contributed by atoms with Crippen molar-refractivity contribution in [3.05, 3.63) is 4.91 Å². The Bertz CT molecular complexity index is 132. The molecule has 0 radical (unpaired) electrons. The number of nitrogens with zero attached hydrogens (tertiary/aromatic N) is 1. The molecular formula is C5H7NO2. The topological polar surface area (TPSA) is 46.5 Å². The SMILES string of the molecule is CC1CC1C(=O)N=O. The Kier molecular flexibility index (Phi) is 1.12. The molecule has 1 aliphatic rings. The number of hydrogen-bond donors (Lipinski definition) is 0. The average molecular weight is 113 g/mol. The van der Waals surface area contributed by atoms with Crippen LogP contribution in [0.15, 0.2) is 5.18 Å². The lowest BCUT2D eigenvalue weighted by Gasteiger charge is -1.78. The summed E-state index contributed by atoms with van der Waals surface area (Å²) in [6.07, 6.45) is 0.852. The number of rotatable bonds is 1. The lowest BCUT2D eigenvalue weighted by Crippen LogP contribution is -1.94. The van der Waals surface area contributed by atoms with Crippen LogP contribution in [-0.2, 0) is 4.79 Å². The van der Waals surface area contributed by atoms with Gasteiger partial charge >= 0.3 is 0 Å². The minimum atomic E-state index is -0.475. The van der Waals surface area contributed by atoms with E-state index in [0.717, 1.165) is 6.42 Å². The van der Waals surface area contributed by atoms with Crippen molar-refractivity contribution in [1.29, 1.82) is 0 Å². The molecule has 1 amide bonds. The molecule has 2 atom stereocenters. The summed E-state index contributed by atoms with van der Waals surface area (Å²) in [5.41, 5.74) is 0. The fourth-order valence-electron chi connectivity index (χ4n) is 0.734. The first kappa shape index (κ1) is 5.41. The van der Waals surface area contributed by atoms with E-state index in [1.54, 1.807) is 0 Å². The molecule has 0 aliphatic heterocycles. The molecule has 1 rings (SSSR count). The van der Waals surface area contributed by atoms with E-state index < -0.39 is 5.91 Å². The van der Waals surface area contributed by atoms with Gasteiger partial charge in [-0.1, -0.05) is 6.92 Å². The molecule has 0 aromatic heterocycles. The summed E-state index contributed by atoms with van der Waals surface area (Å²) in [4.78, 5) is 19.8. The Balaban J connectivity index is 2.39. The third kappa shape index (κ3) is 0.757. The molecule has 0 bridgehead atoms. The number of carbonyl (C=O) groups excluding carboxylic acids is 1. The highest BCUT2D eigenvalue weighted by atomic mass is 16.3. The Morgan fingerprint density at radius 1 is 1.75 bits per heavy atom. The van der Waals surface area contributed by atoms with Crippen LogP contribution in [0.1, 0.15) is 13.3 Å². The Labute approximate surface area is 47.0 Å². The van der Waals surface area contributed by atoms with Gasteiger partial charge in [-0.3, -0.25) is 4.79 Å². The first-order valence-electron chi connectivity index (χ1n) is 2.63. The predicted molar refractivity (Wildman–Crippen MR) is 28.1 cm³/mol. The molecule has 3 heteroatoms. The summed E-state index contributed by atoms with van der Waals surface area (Å²) in [6, 6.07) is 0. The zero-order valence-corrected chi connectivity index (χ0v) is 4.63. The van der Waals surface area contributed by atoms with E-state index in [9.17, 15) is 9.70 Å². The zero-order valence-electron chi connectivity index (χ0n) is 4.63. The molecule has 1 fully saturated rings. The van der Waals surface area contributed by atoms with Gasteiger partial charge in [-0.2, -0.15) is 0 Å². The van der Waals surface area contributed by atoms with Gasteiger partial charge in [0.05, 0.1) is 0 Å². The summed E-state index contributed by atoms with van der Waals surface area (Å²) in [6.45, 7) is 1.94. The highest BCUT2D eigenvalue weighted by Gasteiger charge is 2.39. The molecule has 3 nitrogen and oxygen atoms in total. The maximum absolute atomic E-state index is 10.3. The second kappa shape index (κ2) is 1.65. The van der Waals surface area contributed by atoms with Gasteiger partial charge in [0.2, 0.25) is 0 Å². The van der Waals surface area contributed by atoms with Gasteiger partial charge in [-0.25, -0.2) is 0 Å². The molecular weight excluding hydrogens is 106 g/mol. The van der Waals surface area contributed by atoms with Crippen LogP contribution < -0.4 is 0 Å². The van der Waals surface area contributed by atoms with Gasteiger partial charge in [-0.05, 0) is 12.3 Å². The van der Waals surface area contributed by atoms with Crippen molar-refractivity contribution >= 4 is 5.91 Å². The van der Waals surface area contributed by atoms with E-state index in [1.807, 2.05) is 6.92 Å². The molecule has 0 aromatic rings. The van der Waals surface area contributed by atoms with Crippen LogP contribution in [0.3, 0.4) is 0 Å². The van der Waals surface area contributed by atoms with Crippen molar-refractivity contribution in [3.63, 3.8) is 0 Å². The fraction of sp³-hybridized carbons (Fsp3) is 0.800. The summed E-state index contributed by atoms with van der Waals surface area (Å²) in [5, 5.41) is 2.31. The minimum Gasteiger partial charge on any atom is -0.269 e. The molecule has 8 heavy (non-hydrogen) atoms. The van der Waals surface area contributed by atoms with Gasteiger partial charge in [0.1, 0.15) is 0 Å². The first-order valence-corrected chi connectivity index (χ1v) is 2.63. The third-order valence-electron chi connectivity index (χ3n) is 1.52. The molecule has 1 aliphatic carbocycles. The smallest absolute Gasteiger partial charge is 0.269 e. The lowest BCUT2D eigenvalue weighted by molar-refractivity contribution is -0.119. The van der Waals surface area contributed by atoms with Gasteiger partial charge < -0.3 is 0 Å². The molecule has 0 N–H and O–H groups in total. The van der Waals surface area contributed by atoms with Crippen LogP contribution >= 0.6 is 0 Å². The lowest BCUT2D eigenvalue weighted by atomic mass is 10.3. The highest BCUT2D eigenvalue weighted by Crippen LogP contribution is 2.38. The van der Waals surface area contributed by atoms with Gasteiger partial charge in [0.25, 0.3) is 5.91 Å². The van der Waals surface area contributed by atoms with Crippen LogP contribution in [0, 0.1) is 16.7 Å². The van der Waals surface area contributed by atoms with Crippen LogP contribution in [0.4, 0.5) is 0 Å². The van der Waals surface area contributed by atoms with Crippen molar-refractivity contribution in [2.45, 2.75) is 13.3 Å². The molecule has 1 saturated carbocycles. The Morgan fingerprint density at radius 2 is 2.25 bits per heavy atom. The number of nitroso groups, excluding NO2 is 1. The Hall–Kier alpha value is -0.730. The fourth-order valence-corrected chi connectivity index (χ4v) is 0.734. The van der Waals surface area contributed by atoms with Gasteiger partial charge in [0.15, 0.2) is 0 Å². The summed E-state index contributed by atoms with van der Waals surface area (Å²) in [7, 11) is 0. The monoisotopic (exact) mass is 113 g/mol. The quantitative estimate of drug-likeness (QED) is 0.475. The van der Waals surface area contributed by atoms with Crippen LogP contribution in [0.2, 0.25) is 0 Å². The van der Waals surface area contributed by atoms with E-state index in [0.29, 0.717) is 5.92 Å². The summed E-state index contributed by atoms with van der Waals surface area (Å²) in [5.74, 6) is -0.106. The average Bonchev–Trinajstić information content (AvgIpc) is 2.45. The van der Waals surface area contributed by atoms with Gasteiger partial charge in [-0.15, -0.1) is 4.91 Å². The van der Waals surface area contributed by atoms with Crippen LogP contribution in [0.5, 0.6) is 0 Å². The van der Waals surface area contributed by atoms with Crippen molar-refractivity contribution in [2.24, 2.45) is 17.0 Å². The van der Waals surface area contributed by atoms with Gasteiger partial charge in [0, 0.05) is 11.1 Å². The second-order valence-electron chi connectivity index (χ2n) is 2.25. The van der Waals surface area contributed by atoms with E-state index in [1.165, 1.54) is 0 Å². The second-order valence-corrected chi connectivity index (χ2v) is 2.25. The van der Waals surface area contributed by atoms with Crippen LogP contribution in [-0.4, -0.2) is 5.91 Å². The molecule has 0 aromatic carbocycles. The number of hydrogen-bond acceptors (Lipinski definition) is 2. The van der Waals surface area contributed by atoms with Crippen molar-refractivity contribution in [2.75, 3.05) is 0 Å². The molecule has 0 saturated heterocycles. The highest BCUT2D eigenvalue weighted by molar-refractivity contribution is 5.81. The largest absolute Gasteiger partial charge is 0.289 e. The summed E-state index contributed by atoms with van der Waals surface area (Å²) >= 11 is 0. The number of amides is 1. The maximum atomic E-state index is 10.3. The molecule has 0 heterocycles. The molecule has 44 valence electrons. The number of carbonyl (C=O) groups is 1. The normalized spacial score (nSPS) is 34.1. The van der Waals surface area contributed by atoms with E-state index in [-0.39, 0.29) is 5.92 Å².